The monoisotopic (exact) mass is 332 g/mol. The maximum Gasteiger partial charge on any atom is 0.216 e. The Hall–Kier alpha value is -1.42. The number of hydrogen-bond acceptors (Lipinski definition) is 4. The molecule has 4 heteroatoms. The van der Waals surface area contributed by atoms with Crippen LogP contribution in [0.5, 0.6) is 5.88 Å². The Morgan fingerprint density at radius 3 is 2.88 bits per heavy atom. The predicted molar refractivity (Wildman–Crippen MR) is 97.3 cm³/mol. The van der Waals surface area contributed by atoms with Crippen LogP contribution < -0.4 is 4.74 Å². The summed E-state index contributed by atoms with van der Waals surface area (Å²) in [4.78, 5) is 19.3. The topological polar surface area (TPSA) is 42.4 Å². The minimum atomic E-state index is -0.474. The molecule has 1 aliphatic rings. The Bertz CT molecular complexity index is 556. The summed E-state index contributed by atoms with van der Waals surface area (Å²) in [6, 6.07) is 3.86. The van der Waals surface area contributed by atoms with Gasteiger partial charge in [-0.05, 0) is 65.1 Å². The first-order chi connectivity index (χ1) is 11.3. The molecule has 0 unspecified atom stereocenters. The molecule has 0 radical (unpaired) electrons. The van der Waals surface area contributed by atoms with E-state index in [0.717, 1.165) is 25.1 Å². The Balaban J connectivity index is 1.83. The highest BCUT2D eigenvalue weighted by Crippen LogP contribution is 2.29. The van der Waals surface area contributed by atoms with Gasteiger partial charge < -0.3 is 9.64 Å². The van der Waals surface area contributed by atoms with Crippen LogP contribution in [0.25, 0.3) is 0 Å². The van der Waals surface area contributed by atoms with Crippen LogP contribution in [0.2, 0.25) is 0 Å². The largest absolute Gasteiger partial charge is 0.476 e. The lowest BCUT2D eigenvalue weighted by Gasteiger charge is -2.35. The second-order valence-corrected chi connectivity index (χ2v) is 8.05. The van der Waals surface area contributed by atoms with Crippen LogP contribution in [0.3, 0.4) is 0 Å². The van der Waals surface area contributed by atoms with E-state index in [4.69, 9.17) is 4.74 Å². The third kappa shape index (κ3) is 5.04. The van der Waals surface area contributed by atoms with Gasteiger partial charge in [0.05, 0.1) is 5.41 Å². The molecule has 1 saturated heterocycles. The summed E-state index contributed by atoms with van der Waals surface area (Å²) >= 11 is 0. The summed E-state index contributed by atoms with van der Waals surface area (Å²) in [5.74, 6) is 2.26. The molecule has 134 valence electrons. The predicted octanol–water partition coefficient (Wildman–Crippen LogP) is 3.73. The van der Waals surface area contributed by atoms with Crippen LogP contribution in [0.15, 0.2) is 18.3 Å². The highest BCUT2D eigenvalue weighted by atomic mass is 16.5. The van der Waals surface area contributed by atoms with Crippen LogP contribution in [0.1, 0.15) is 45.6 Å². The van der Waals surface area contributed by atoms with Crippen molar-refractivity contribution < 1.29 is 9.53 Å². The molecular weight excluding hydrogens is 300 g/mol. The molecule has 4 nitrogen and oxygen atoms in total. The molecule has 2 atom stereocenters. The van der Waals surface area contributed by atoms with E-state index in [2.05, 4.69) is 23.9 Å². The van der Waals surface area contributed by atoms with E-state index >= 15 is 0 Å². The number of nitrogens with zero attached hydrogens (tertiary/aromatic N) is 2. The van der Waals surface area contributed by atoms with Crippen molar-refractivity contribution in [1.29, 1.82) is 0 Å². The maximum absolute atomic E-state index is 12.7. The number of hydrogen-bond donors (Lipinski definition) is 0. The zero-order chi connectivity index (χ0) is 17.7. The fourth-order valence-electron chi connectivity index (χ4n) is 3.44. The molecule has 0 bridgehead atoms. The number of ketones is 1. The Morgan fingerprint density at radius 1 is 1.46 bits per heavy atom. The van der Waals surface area contributed by atoms with Crippen molar-refractivity contribution in [3.05, 3.63) is 23.9 Å². The normalized spacial score (nSPS) is 22.4. The van der Waals surface area contributed by atoms with E-state index in [1.165, 1.54) is 6.42 Å². The van der Waals surface area contributed by atoms with Crippen molar-refractivity contribution in [2.24, 2.45) is 17.3 Å². The van der Waals surface area contributed by atoms with Crippen molar-refractivity contribution >= 4 is 5.78 Å². The lowest BCUT2D eigenvalue weighted by Crippen LogP contribution is -2.37. The Labute approximate surface area is 146 Å². The molecule has 2 heterocycles. The quantitative estimate of drug-likeness (QED) is 0.763. The number of aryl methyl sites for hydroxylation is 1. The van der Waals surface area contributed by atoms with Gasteiger partial charge in [-0.1, -0.05) is 13.0 Å². The van der Waals surface area contributed by atoms with Crippen LogP contribution in [0, 0.1) is 24.2 Å². The van der Waals surface area contributed by atoms with Crippen LogP contribution >= 0.6 is 0 Å². The van der Waals surface area contributed by atoms with Gasteiger partial charge in [-0.3, -0.25) is 4.79 Å². The number of carbonyl (C=O) groups is 1. The fourth-order valence-corrected chi connectivity index (χ4v) is 3.44. The number of likely N-dealkylation sites (tertiary alicyclic amines) is 1. The van der Waals surface area contributed by atoms with Crippen molar-refractivity contribution in [3.63, 3.8) is 0 Å². The van der Waals surface area contributed by atoms with Gasteiger partial charge >= 0.3 is 0 Å². The molecule has 2 rings (SSSR count). The SMILES string of the molecule is Cc1cccnc1OCC(C)(C)C(=O)CC[C@H]1CCN(C)C[C@@H]1C. The van der Waals surface area contributed by atoms with Gasteiger partial charge in [0, 0.05) is 24.7 Å². The van der Waals surface area contributed by atoms with Crippen molar-refractivity contribution in [2.75, 3.05) is 26.7 Å². The number of carbonyl (C=O) groups excluding carboxylic acids is 1. The van der Waals surface area contributed by atoms with Gasteiger partial charge in [-0.2, -0.15) is 0 Å². The van der Waals surface area contributed by atoms with Gasteiger partial charge in [0.25, 0.3) is 0 Å². The van der Waals surface area contributed by atoms with E-state index in [1.54, 1.807) is 6.20 Å². The zero-order valence-electron chi connectivity index (χ0n) is 15.8. The van der Waals surface area contributed by atoms with Crippen LogP contribution in [-0.2, 0) is 4.79 Å². The number of piperidine rings is 1. The summed E-state index contributed by atoms with van der Waals surface area (Å²) in [5.41, 5.74) is 0.527. The van der Waals surface area contributed by atoms with E-state index in [1.807, 2.05) is 32.9 Å². The van der Waals surface area contributed by atoms with Gasteiger partial charge in [0.1, 0.15) is 12.4 Å². The minimum absolute atomic E-state index is 0.294. The molecule has 24 heavy (non-hydrogen) atoms. The number of Topliss-reactive ketones (excluding diaryl/α,β-unsaturated/α-hetero) is 1. The molecule has 0 aliphatic carbocycles. The molecule has 0 spiro atoms. The first-order valence-electron chi connectivity index (χ1n) is 9.06. The molecular formula is C20H32N2O2. The molecule has 0 N–H and O–H groups in total. The first-order valence-corrected chi connectivity index (χ1v) is 9.06. The van der Waals surface area contributed by atoms with E-state index < -0.39 is 5.41 Å². The van der Waals surface area contributed by atoms with Gasteiger partial charge in [0.2, 0.25) is 5.88 Å². The van der Waals surface area contributed by atoms with Crippen molar-refractivity contribution in [2.45, 2.75) is 47.0 Å². The molecule has 1 aromatic heterocycles. The number of pyridine rings is 1. The van der Waals surface area contributed by atoms with E-state index in [0.29, 0.717) is 36.5 Å². The number of rotatable bonds is 7. The highest BCUT2D eigenvalue weighted by Gasteiger charge is 2.31. The third-order valence-corrected chi connectivity index (χ3v) is 5.31. The van der Waals surface area contributed by atoms with Crippen LogP contribution in [0.4, 0.5) is 0 Å². The zero-order valence-corrected chi connectivity index (χ0v) is 15.8. The van der Waals surface area contributed by atoms with Gasteiger partial charge in [0.15, 0.2) is 0 Å². The summed E-state index contributed by atoms with van der Waals surface area (Å²) < 4.78 is 5.81. The summed E-state index contributed by atoms with van der Waals surface area (Å²) in [5, 5.41) is 0. The maximum atomic E-state index is 12.7. The van der Waals surface area contributed by atoms with Crippen molar-refractivity contribution in [3.8, 4) is 5.88 Å². The minimum Gasteiger partial charge on any atom is -0.476 e. The average molecular weight is 332 g/mol. The lowest BCUT2D eigenvalue weighted by atomic mass is 9.80. The number of ether oxygens (including phenoxy) is 1. The Kier molecular flexibility index (Phi) is 6.39. The highest BCUT2D eigenvalue weighted by molar-refractivity contribution is 5.84. The second kappa shape index (κ2) is 8.11. The molecule has 1 fully saturated rings. The molecule has 1 aliphatic heterocycles. The summed E-state index contributed by atoms with van der Waals surface area (Å²) in [6.07, 6.45) is 4.57. The first kappa shape index (κ1) is 18.9. The van der Waals surface area contributed by atoms with Crippen LogP contribution in [-0.4, -0.2) is 42.4 Å². The average Bonchev–Trinajstić information content (AvgIpc) is 2.53. The summed E-state index contributed by atoms with van der Waals surface area (Å²) in [6.45, 7) is 10.9. The fraction of sp³-hybridized carbons (Fsp3) is 0.700. The summed E-state index contributed by atoms with van der Waals surface area (Å²) in [7, 11) is 2.18. The third-order valence-electron chi connectivity index (χ3n) is 5.31. The van der Waals surface area contributed by atoms with Crippen molar-refractivity contribution in [1.82, 2.24) is 9.88 Å². The molecule has 0 amide bonds. The molecule has 0 aromatic carbocycles. The van der Waals surface area contributed by atoms with Gasteiger partial charge in [-0.15, -0.1) is 0 Å². The second-order valence-electron chi connectivity index (χ2n) is 8.05. The smallest absolute Gasteiger partial charge is 0.216 e. The van der Waals surface area contributed by atoms with E-state index in [9.17, 15) is 4.79 Å². The molecule has 1 aromatic rings. The van der Waals surface area contributed by atoms with Gasteiger partial charge in [-0.25, -0.2) is 4.98 Å². The number of aromatic nitrogens is 1. The van der Waals surface area contributed by atoms with E-state index in [-0.39, 0.29) is 0 Å². The Morgan fingerprint density at radius 2 is 2.21 bits per heavy atom. The standard InChI is InChI=1S/C20H32N2O2/c1-15-7-6-11-21-19(15)24-14-20(3,4)18(23)9-8-17-10-12-22(5)13-16(17)2/h6-7,11,16-17H,8-10,12-14H2,1-5H3/t16-,17-/m0/s1. The lowest BCUT2D eigenvalue weighted by molar-refractivity contribution is -0.129. The molecule has 0 saturated carbocycles.